The standard InChI is InChI=1S/C24H33ClN5O2Si/c1-24(2,3)17-10-12-18(13-11-17)30(32-33(4)5)22-26-14-16-15-29(23(31)28-21(16)27-22)20-9-7-6-8-19(20)25/h6-9,14,17-18H,10-13,15H2,1-5H3,(H,26,27,28,31). The van der Waals surface area contributed by atoms with Crippen molar-refractivity contribution in [2.45, 2.75) is 72.1 Å². The molecule has 1 N–H and O–H groups in total. The highest BCUT2D eigenvalue weighted by Gasteiger charge is 2.35. The number of rotatable bonds is 5. The predicted octanol–water partition coefficient (Wildman–Crippen LogP) is 6.28. The van der Waals surface area contributed by atoms with E-state index in [9.17, 15) is 4.79 Å². The van der Waals surface area contributed by atoms with Gasteiger partial charge >= 0.3 is 6.03 Å². The average Bonchev–Trinajstić information content (AvgIpc) is 2.76. The van der Waals surface area contributed by atoms with Crippen LogP contribution in [-0.2, 0) is 11.1 Å². The van der Waals surface area contributed by atoms with E-state index in [0.29, 0.717) is 40.4 Å². The second kappa shape index (κ2) is 9.60. The van der Waals surface area contributed by atoms with Crippen LogP contribution in [0.2, 0.25) is 18.1 Å². The van der Waals surface area contributed by atoms with E-state index in [1.54, 1.807) is 17.2 Å². The summed E-state index contributed by atoms with van der Waals surface area (Å²) >= 11 is 6.32. The van der Waals surface area contributed by atoms with Crippen LogP contribution in [0.4, 0.5) is 22.2 Å². The summed E-state index contributed by atoms with van der Waals surface area (Å²) in [5.41, 5.74) is 1.82. The summed E-state index contributed by atoms with van der Waals surface area (Å²) in [6.45, 7) is 11.6. The van der Waals surface area contributed by atoms with Crippen molar-refractivity contribution >= 4 is 44.1 Å². The zero-order valence-corrected chi connectivity index (χ0v) is 21.8. The number of fused-ring (bicyclic) bond motifs is 1. The van der Waals surface area contributed by atoms with Crippen LogP contribution < -0.4 is 15.3 Å². The number of urea groups is 1. The molecule has 177 valence electrons. The number of benzene rings is 1. The van der Waals surface area contributed by atoms with E-state index in [1.807, 2.05) is 23.3 Å². The summed E-state index contributed by atoms with van der Waals surface area (Å²) in [6.07, 6.45) is 6.21. The van der Waals surface area contributed by atoms with Crippen molar-refractivity contribution in [1.82, 2.24) is 9.97 Å². The van der Waals surface area contributed by atoms with Gasteiger partial charge in [-0.05, 0) is 62.2 Å². The van der Waals surface area contributed by atoms with Crippen LogP contribution in [0.3, 0.4) is 0 Å². The first-order valence-electron chi connectivity index (χ1n) is 11.6. The molecule has 0 saturated heterocycles. The van der Waals surface area contributed by atoms with Gasteiger partial charge in [0.2, 0.25) is 9.04 Å². The number of anilines is 3. The molecule has 2 heterocycles. The molecule has 1 aliphatic carbocycles. The molecule has 4 rings (SSSR count). The molecular formula is C24H33ClN5O2Si. The number of para-hydroxylation sites is 1. The van der Waals surface area contributed by atoms with Gasteiger partial charge in [0.1, 0.15) is 5.82 Å². The summed E-state index contributed by atoms with van der Waals surface area (Å²) in [5.74, 6) is 1.76. The highest BCUT2D eigenvalue weighted by atomic mass is 35.5. The minimum absolute atomic E-state index is 0.237. The van der Waals surface area contributed by atoms with Crippen molar-refractivity contribution in [3.63, 3.8) is 0 Å². The van der Waals surface area contributed by atoms with Gasteiger partial charge in [0.25, 0.3) is 5.95 Å². The Kier molecular flexibility index (Phi) is 6.98. The van der Waals surface area contributed by atoms with Crippen LogP contribution in [0.15, 0.2) is 30.5 Å². The van der Waals surface area contributed by atoms with Crippen LogP contribution in [0, 0.1) is 11.3 Å². The molecule has 0 bridgehead atoms. The van der Waals surface area contributed by atoms with Crippen molar-refractivity contribution in [2.75, 3.05) is 15.3 Å². The Morgan fingerprint density at radius 2 is 1.88 bits per heavy atom. The van der Waals surface area contributed by atoms with Crippen LogP contribution in [0.1, 0.15) is 52.0 Å². The molecule has 2 aromatic rings. The summed E-state index contributed by atoms with van der Waals surface area (Å²) in [4.78, 5) is 23.8. The SMILES string of the molecule is C[Si](C)ON(c1ncc2c(n1)NC(=O)N(c1ccccc1Cl)C2)C1CCC(C(C)(C)C)CC1. The molecule has 7 nitrogen and oxygen atoms in total. The maximum atomic E-state index is 12.9. The number of nitrogens with zero attached hydrogens (tertiary/aromatic N) is 4. The number of carbonyl (C=O) groups is 1. The predicted molar refractivity (Wildman–Crippen MR) is 135 cm³/mol. The highest BCUT2D eigenvalue weighted by molar-refractivity contribution is 6.48. The second-order valence-electron chi connectivity index (χ2n) is 10.2. The zero-order chi connectivity index (χ0) is 23.8. The van der Waals surface area contributed by atoms with Gasteiger partial charge in [0.15, 0.2) is 0 Å². The third-order valence-electron chi connectivity index (χ3n) is 6.53. The van der Waals surface area contributed by atoms with Crippen LogP contribution in [0.25, 0.3) is 0 Å². The maximum Gasteiger partial charge on any atom is 0.327 e. The first-order valence-corrected chi connectivity index (χ1v) is 14.4. The minimum Gasteiger partial charge on any atom is -0.318 e. The molecule has 2 amide bonds. The van der Waals surface area contributed by atoms with Crippen LogP contribution in [-0.4, -0.2) is 31.1 Å². The normalized spacial score (nSPS) is 21.1. The molecule has 0 atom stereocenters. The monoisotopic (exact) mass is 486 g/mol. The van der Waals surface area contributed by atoms with E-state index in [0.717, 1.165) is 31.2 Å². The first kappa shape index (κ1) is 24.0. The van der Waals surface area contributed by atoms with E-state index < -0.39 is 9.04 Å². The largest absolute Gasteiger partial charge is 0.327 e. The maximum absolute atomic E-state index is 12.9. The quantitative estimate of drug-likeness (QED) is 0.398. The van der Waals surface area contributed by atoms with Crippen molar-refractivity contribution in [3.05, 3.63) is 41.0 Å². The smallest absolute Gasteiger partial charge is 0.318 e. The molecular weight excluding hydrogens is 454 g/mol. The number of hydrogen-bond acceptors (Lipinski definition) is 5. The Morgan fingerprint density at radius 3 is 2.52 bits per heavy atom. The molecule has 2 aliphatic rings. The number of carbonyl (C=O) groups excluding carboxylic acids is 1. The van der Waals surface area contributed by atoms with E-state index in [2.05, 4.69) is 44.2 Å². The van der Waals surface area contributed by atoms with E-state index >= 15 is 0 Å². The van der Waals surface area contributed by atoms with Gasteiger partial charge in [0, 0.05) is 11.8 Å². The van der Waals surface area contributed by atoms with Crippen molar-refractivity contribution in [1.29, 1.82) is 0 Å². The number of aromatic nitrogens is 2. The average molecular weight is 487 g/mol. The summed E-state index contributed by atoms with van der Waals surface area (Å²) in [5, 5.41) is 5.36. The Balaban J connectivity index is 1.56. The Hall–Kier alpha value is -2.16. The minimum atomic E-state index is -1.01. The van der Waals surface area contributed by atoms with Gasteiger partial charge in [-0.3, -0.25) is 10.2 Å². The van der Waals surface area contributed by atoms with E-state index in [-0.39, 0.29) is 12.1 Å². The lowest BCUT2D eigenvalue weighted by Gasteiger charge is -2.41. The van der Waals surface area contributed by atoms with Gasteiger partial charge in [-0.15, -0.1) is 0 Å². The molecule has 9 heteroatoms. The number of amides is 2. The van der Waals surface area contributed by atoms with Crippen LogP contribution >= 0.6 is 11.6 Å². The topological polar surface area (TPSA) is 70.6 Å². The molecule has 1 radical (unpaired) electrons. The van der Waals surface area contributed by atoms with Gasteiger partial charge < -0.3 is 4.53 Å². The lowest BCUT2D eigenvalue weighted by atomic mass is 9.71. The molecule has 1 fully saturated rings. The molecule has 1 aromatic carbocycles. The summed E-state index contributed by atoms with van der Waals surface area (Å²) in [6, 6.07) is 7.30. The lowest BCUT2D eigenvalue weighted by molar-refractivity contribution is 0.133. The van der Waals surface area contributed by atoms with Gasteiger partial charge in [-0.2, -0.15) is 4.98 Å². The molecule has 0 spiro atoms. The summed E-state index contributed by atoms with van der Waals surface area (Å²) < 4.78 is 6.29. The van der Waals surface area contributed by atoms with Gasteiger partial charge in [-0.25, -0.2) is 14.8 Å². The Morgan fingerprint density at radius 1 is 1.18 bits per heavy atom. The fourth-order valence-electron chi connectivity index (χ4n) is 4.66. The fourth-order valence-corrected chi connectivity index (χ4v) is 5.52. The number of hydrogen-bond donors (Lipinski definition) is 1. The van der Waals surface area contributed by atoms with Crippen molar-refractivity contribution in [3.8, 4) is 0 Å². The van der Waals surface area contributed by atoms with E-state index in [1.165, 1.54) is 0 Å². The molecule has 1 saturated carbocycles. The third-order valence-corrected chi connectivity index (χ3v) is 7.41. The van der Waals surface area contributed by atoms with Gasteiger partial charge in [-0.1, -0.05) is 44.5 Å². The summed E-state index contributed by atoms with van der Waals surface area (Å²) in [7, 11) is -1.01. The Bertz CT molecular complexity index is 1000. The molecule has 1 aromatic heterocycles. The van der Waals surface area contributed by atoms with E-state index in [4.69, 9.17) is 21.1 Å². The highest BCUT2D eigenvalue weighted by Crippen LogP contribution is 2.40. The molecule has 0 unspecified atom stereocenters. The van der Waals surface area contributed by atoms with Gasteiger partial charge in [0.05, 0.1) is 23.3 Å². The Labute approximate surface area is 203 Å². The van der Waals surface area contributed by atoms with Crippen molar-refractivity contribution < 1.29 is 9.32 Å². The first-order chi connectivity index (χ1) is 15.6. The molecule has 1 aliphatic heterocycles. The number of halogens is 1. The molecule has 33 heavy (non-hydrogen) atoms. The fraction of sp³-hybridized carbons (Fsp3) is 0.542. The third kappa shape index (κ3) is 5.33. The van der Waals surface area contributed by atoms with Crippen molar-refractivity contribution in [2.24, 2.45) is 11.3 Å². The van der Waals surface area contributed by atoms with Crippen LogP contribution in [0.5, 0.6) is 0 Å². The zero-order valence-electron chi connectivity index (χ0n) is 20.1. The number of hydroxylamine groups is 1. The number of nitrogens with one attached hydrogen (secondary N) is 1. The second-order valence-corrected chi connectivity index (χ2v) is 12.6. The lowest BCUT2D eigenvalue weighted by Crippen LogP contribution is -2.44.